The van der Waals surface area contributed by atoms with Crippen molar-refractivity contribution in [2.24, 2.45) is 0 Å². The summed E-state index contributed by atoms with van der Waals surface area (Å²) in [6.45, 7) is 13.8. The summed E-state index contributed by atoms with van der Waals surface area (Å²) in [7, 11) is 0. The molecule has 0 saturated carbocycles. The van der Waals surface area contributed by atoms with Gasteiger partial charge in [0, 0.05) is 22.3 Å². The number of allylic oxidation sites excluding steroid dienone is 2. The van der Waals surface area contributed by atoms with Gasteiger partial charge in [0.15, 0.2) is 0 Å². The van der Waals surface area contributed by atoms with E-state index in [1.165, 1.54) is 192 Å². The molecule has 2 aromatic carbocycles. The molecule has 0 aliphatic carbocycles. The summed E-state index contributed by atoms with van der Waals surface area (Å²) < 4.78 is 1.69. The zero-order chi connectivity index (χ0) is 42.2. The molecule has 2 nitrogen and oxygen atoms in total. The van der Waals surface area contributed by atoms with Gasteiger partial charge in [0.2, 0.25) is 11.4 Å². The van der Waals surface area contributed by atoms with Crippen molar-refractivity contribution in [2.75, 3.05) is 0 Å². The van der Waals surface area contributed by atoms with E-state index in [9.17, 15) is 5.53 Å². The Kier molecular flexibility index (Phi) is 30.5. The van der Waals surface area contributed by atoms with Crippen LogP contribution in [-0.4, -0.2) is 4.70 Å². The van der Waals surface area contributed by atoms with E-state index in [2.05, 4.69) is 88.7 Å². The second-order valence-corrected chi connectivity index (χ2v) is 19.1. The molecule has 3 heteroatoms. The Morgan fingerprint density at radius 2 is 0.586 bits per heavy atom. The Hall–Kier alpha value is -1.82. The Morgan fingerprint density at radius 3 is 0.931 bits per heavy atom. The molecule has 0 spiro atoms. The van der Waals surface area contributed by atoms with Gasteiger partial charge in [-0.25, -0.2) is 4.70 Å². The maximum atomic E-state index is 12.7. The molecule has 0 unspecified atom stereocenters. The molecule has 0 saturated heterocycles. The predicted octanol–water partition coefficient (Wildman–Crippen LogP) is 18.8. The average molecular weight is 888 g/mol. The zero-order valence-electron chi connectivity index (χ0n) is 39.6. The minimum absolute atomic E-state index is 0.950. The van der Waals surface area contributed by atoms with Crippen molar-refractivity contribution in [3.05, 3.63) is 86.5 Å². The monoisotopic (exact) mass is 887 g/mol. The van der Waals surface area contributed by atoms with Gasteiger partial charge in [0.25, 0.3) is 0 Å². The van der Waals surface area contributed by atoms with Crippen LogP contribution in [0, 0.1) is 0 Å². The Labute approximate surface area is 370 Å². The van der Waals surface area contributed by atoms with Crippen LogP contribution in [-0.2, 0) is 43.7 Å². The first-order chi connectivity index (χ1) is 28.4. The molecule has 332 valence electrons. The molecular formula is C55H92N2Pd. The number of benzene rings is 2. The van der Waals surface area contributed by atoms with Crippen LogP contribution in [0.5, 0.6) is 0 Å². The van der Waals surface area contributed by atoms with Crippen LogP contribution in [0.4, 0.5) is 0 Å². The molecule has 1 aliphatic heterocycles. The van der Waals surface area contributed by atoms with E-state index >= 15 is 0 Å². The van der Waals surface area contributed by atoms with Crippen LogP contribution < -0.4 is 0 Å². The van der Waals surface area contributed by atoms with Crippen molar-refractivity contribution in [3.63, 3.8) is 0 Å². The molecule has 0 aromatic heterocycles. The summed E-state index contributed by atoms with van der Waals surface area (Å²) >= 11 is 0.950. The molecule has 58 heavy (non-hydrogen) atoms. The molecule has 2 aromatic rings. The molecule has 0 fully saturated rings. The van der Waals surface area contributed by atoms with Gasteiger partial charge in [0.1, 0.15) is 0 Å². The number of aryl methyl sites for hydroxylation is 4. The van der Waals surface area contributed by atoms with Gasteiger partial charge in [-0.15, -0.1) is 0 Å². The number of rotatable bonds is 33. The fraction of sp³-hybridized carbons (Fsp3) is 0.709. The molecule has 0 N–H and O–H groups in total. The van der Waals surface area contributed by atoms with E-state index in [1.54, 1.807) is 4.70 Å². The third kappa shape index (κ3) is 20.2. The first-order valence-electron chi connectivity index (χ1n) is 24.9. The third-order valence-corrected chi connectivity index (χ3v) is 12.1. The van der Waals surface area contributed by atoms with Crippen LogP contribution in [0.1, 0.15) is 248 Å². The second-order valence-electron chi connectivity index (χ2n) is 17.6. The van der Waals surface area contributed by atoms with E-state index in [0.29, 0.717) is 0 Å². The van der Waals surface area contributed by atoms with Gasteiger partial charge >= 0.3 is 28.8 Å². The van der Waals surface area contributed by atoms with Gasteiger partial charge in [0.05, 0.1) is 0 Å². The molecule has 0 amide bonds. The molecule has 0 bridgehead atoms. The molecule has 0 atom stereocenters. The number of hydrogen-bond acceptors (Lipinski definition) is 0. The number of unbranched alkanes of at least 4 members (excludes halogenated alkanes) is 19. The van der Waals surface area contributed by atoms with Gasteiger partial charge in [-0.05, 0) is 124 Å². The fourth-order valence-electron chi connectivity index (χ4n) is 8.75. The van der Waals surface area contributed by atoms with Crippen molar-refractivity contribution < 1.29 is 22.7 Å². The maximum absolute atomic E-state index is 12.7. The fourth-order valence-corrected chi connectivity index (χ4v) is 8.75. The Bertz CT molecular complexity index is 1390. The summed E-state index contributed by atoms with van der Waals surface area (Å²) in [4.78, 5) is 0. The van der Waals surface area contributed by atoms with E-state index in [0.717, 1.165) is 80.7 Å². The van der Waals surface area contributed by atoms with Crippen LogP contribution in [0.3, 0.4) is 0 Å². The van der Waals surface area contributed by atoms with E-state index in [-0.39, 0.29) is 0 Å². The quantitative estimate of drug-likeness (QED) is 0.0388. The minimum atomic E-state index is 0.950. The normalized spacial score (nSPS) is 12.9. The van der Waals surface area contributed by atoms with Gasteiger partial charge in [-0.3, -0.25) is 0 Å². The van der Waals surface area contributed by atoms with Crippen molar-refractivity contribution in [1.82, 2.24) is 0 Å². The molecule has 3 rings (SSSR count). The van der Waals surface area contributed by atoms with E-state index < -0.39 is 0 Å². The van der Waals surface area contributed by atoms with Crippen LogP contribution in [0.2, 0.25) is 10.8 Å². The molecular weight excluding hydrogens is 795 g/mol. The Balaban J connectivity index is 0.00000374. The van der Waals surface area contributed by atoms with Gasteiger partial charge in [-0.1, -0.05) is 176 Å². The van der Waals surface area contributed by atoms with Crippen molar-refractivity contribution >= 4 is 11.4 Å². The molecule has 0 radical (unpaired) electrons. The Morgan fingerprint density at radius 1 is 0.345 bits per heavy atom. The number of hydrogen-bond donors (Lipinski definition) is 0. The van der Waals surface area contributed by atoms with E-state index in [1.807, 2.05) is 0 Å². The van der Waals surface area contributed by atoms with Crippen molar-refractivity contribution in [2.45, 2.75) is 251 Å². The zero-order valence-corrected chi connectivity index (χ0v) is 41.1. The summed E-state index contributed by atoms with van der Waals surface area (Å²) in [6, 6.07) is 14.7. The predicted molar refractivity (Wildman–Crippen MR) is 256 cm³/mol. The van der Waals surface area contributed by atoms with Crippen LogP contribution in [0.25, 0.3) is 16.9 Å². The van der Waals surface area contributed by atoms with Crippen molar-refractivity contribution in [1.29, 1.82) is 0 Å². The second kappa shape index (κ2) is 33.8. The SMILES string of the molecule is CCCCCCCCCCCCCCCC1=C(c2cc(CCCCC)cc(CCCCC)c2)[N+](=[N-])C(c2cc(CCCC)cc(CCCC)c2)=C1CCCC.[CH3][Pd][CH3]. The summed E-state index contributed by atoms with van der Waals surface area (Å²) in [5.74, 6) is 0. The van der Waals surface area contributed by atoms with Gasteiger partial charge < -0.3 is 5.53 Å². The number of nitrogens with zero attached hydrogens (tertiary/aromatic N) is 2. The summed E-state index contributed by atoms with van der Waals surface area (Å²) in [5, 5.41) is 4.35. The van der Waals surface area contributed by atoms with E-state index in [4.69, 9.17) is 0 Å². The van der Waals surface area contributed by atoms with Crippen molar-refractivity contribution in [3.8, 4) is 0 Å². The molecule has 1 aliphatic rings. The first-order valence-corrected chi connectivity index (χ1v) is 28.0. The first kappa shape index (κ1) is 52.3. The topological polar surface area (TPSA) is 25.3 Å². The summed E-state index contributed by atoms with van der Waals surface area (Å²) in [6.07, 6.45) is 39.0. The third-order valence-electron chi connectivity index (χ3n) is 12.1. The van der Waals surface area contributed by atoms with Crippen LogP contribution in [0.15, 0.2) is 47.5 Å². The standard InChI is InChI=1S/C53H86N2.2CH3.Pd/c1-7-13-19-20-21-22-23-24-25-26-27-28-31-37-51-50(36-18-12-6)52(48-40-44(32-16-10-4)38-45(41-48)33-17-11-5)55(54)53(51)49-42-46(34-29-14-8-2)39-47(43-49)35-30-15-9-3;;;/h38-43H,7-37H2,1-6H3;2*1H3;. The van der Waals surface area contributed by atoms with Crippen LogP contribution >= 0.6 is 0 Å². The van der Waals surface area contributed by atoms with Gasteiger partial charge in [-0.2, -0.15) is 0 Å². The average Bonchev–Trinajstić information content (AvgIpc) is 3.50. The summed E-state index contributed by atoms with van der Waals surface area (Å²) in [5.41, 5.74) is 25.9. The molecule has 1 heterocycles.